The minimum absolute atomic E-state index is 0. The van der Waals surface area contributed by atoms with Crippen molar-refractivity contribution in [3.63, 3.8) is 0 Å². The van der Waals surface area contributed by atoms with Crippen molar-refractivity contribution in [1.29, 1.82) is 0 Å². The molecule has 0 amide bonds. The van der Waals surface area contributed by atoms with Crippen LogP contribution in [0.15, 0.2) is 170 Å². The topological polar surface area (TPSA) is 25.8 Å². The van der Waals surface area contributed by atoms with Gasteiger partial charge in [0.1, 0.15) is 0 Å². The van der Waals surface area contributed by atoms with Gasteiger partial charge in [-0.1, -0.05) is 133 Å². The maximum Gasteiger partial charge on any atom is 2.00 e. The molecule has 8 fully saturated rings. The predicted molar refractivity (Wildman–Crippen MR) is 280 cm³/mol. The maximum absolute atomic E-state index is 5.64. The van der Waals surface area contributed by atoms with Crippen LogP contribution in [0.4, 0.5) is 0 Å². The summed E-state index contributed by atoms with van der Waals surface area (Å²) in [6.07, 6.45) is 19.3. The number of aromatic nitrogens is 2. The van der Waals surface area contributed by atoms with E-state index in [1.807, 2.05) is 30.3 Å². The molecule has 338 valence electrons. The van der Waals surface area contributed by atoms with Crippen molar-refractivity contribution >= 4 is 39.0 Å². The van der Waals surface area contributed by atoms with Crippen LogP contribution in [0.2, 0.25) is 0 Å². The summed E-state index contributed by atoms with van der Waals surface area (Å²) in [5, 5.41) is 2.66. The Kier molecular flexibility index (Phi) is 11.6. The second kappa shape index (κ2) is 17.6. The van der Waals surface area contributed by atoms with Gasteiger partial charge in [-0.2, -0.15) is 18.2 Å². The Hall–Kier alpha value is -4.22. The number of rotatable bonds is 9. The van der Waals surface area contributed by atoms with Gasteiger partial charge in [-0.3, -0.25) is 9.97 Å². The quantitative estimate of drug-likeness (QED) is 0.0818. The molecule has 0 N–H and O–H groups in total. The molecule has 1 unspecified atom stereocenters. The zero-order valence-electron chi connectivity index (χ0n) is 38.6. The van der Waals surface area contributed by atoms with Crippen molar-refractivity contribution in [3.8, 4) is 22.3 Å². The number of pyridine rings is 2. The predicted octanol–water partition coefficient (Wildman–Crippen LogP) is 16.3. The average Bonchev–Trinajstić information content (AvgIpc) is 4.06. The molecule has 0 saturated heterocycles. The van der Waals surface area contributed by atoms with Crippen LogP contribution >= 0.6 is 17.2 Å². The number of nitrogens with zero attached hydrogens (tertiary/aromatic N) is 2. The Morgan fingerprint density at radius 2 is 0.970 bits per heavy atom. The van der Waals surface area contributed by atoms with Crippen molar-refractivity contribution in [2.24, 2.45) is 35.5 Å². The van der Waals surface area contributed by atoms with E-state index in [9.17, 15) is 0 Å². The fourth-order valence-corrected chi connectivity index (χ4v) is 21.8. The van der Waals surface area contributed by atoms with Gasteiger partial charge in [-0.05, 0) is 153 Å². The standard InChI is InChI=1S/C57H57N2P2.C5H5.Fe/c60-57(52-21-19-44-13-7-9-17-50(44)58-52,53-22-20-45-14-8-10-18-51(45)59-53)49-29-47(43-11-3-1-4-12-43)54(46-15-5-2-6-16-46)48(49)36-61(55-30-37-23-38(31-55)25-39(24-37)32-55)56-33-40-26-41(34-56)28-42(27-40)35-56;1-2-4-5-3-1;/h1-22,29,37-42H,23-28,30-36,60H2;1-5H;/q2*-1;+2. The summed E-state index contributed by atoms with van der Waals surface area (Å²) >= 11 is 0. The van der Waals surface area contributed by atoms with E-state index >= 15 is 0 Å². The van der Waals surface area contributed by atoms with Gasteiger partial charge in [0.25, 0.3) is 0 Å². The monoisotopic (exact) mass is 952 g/mol. The zero-order chi connectivity index (χ0) is 43.9. The van der Waals surface area contributed by atoms with E-state index in [-0.39, 0.29) is 25.0 Å². The van der Waals surface area contributed by atoms with E-state index in [4.69, 9.17) is 9.97 Å². The molecule has 0 aliphatic heterocycles. The van der Waals surface area contributed by atoms with Gasteiger partial charge in [0.2, 0.25) is 0 Å². The molecule has 2 heterocycles. The molecular weight excluding hydrogens is 890 g/mol. The van der Waals surface area contributed by atoms with Crippen LogP contribution in [0.3, 0.4) is 0 Å². The first-order valence-electron chi connectivity index (χ1n) is 25.3. The van der Waals surface area contributed by atoms with Crippen LogP contribution in [-0.2, 0) is 28.4 Å². The van der Waals surface area contributed by atoms with E-state index in [1.165, 1.54) is 122 Å². The number of hydrogen-bond acceptors (Lipinski definition) is 2. The van der Waals surface area contributed by atoms with Crippen LogP contribution in [0.25, 0.3) is 44.1 Å². The summed E-state index contributed by atoms with van der Waals surface area (Å²) in [5.41, 5.74) is 12.6. The first-order chi connectivity index (χ1) is 32.4. The Bertz CT molecular complexity index is 2800. The normalized spacial score (nSPS) is 28.3. The van der Waals surface area contributed by atoms with E-state index in [2.05, 4.69) is 149 Å². The molecule has 2 aromatic heterocycles. The third-order valence-corrected chi connectivity index (χ3v) is 22.7. The Balaban J connectivity index is 0.000000735. The molecule has 67 heavy (non-hydrogen) atoms. The zero-order valence-corrected chi connectivity index (χ0v) is 41.7. The second-order valence-corrected chi connectivity index (χ2v) is 25.9. The Morgan fingerprint density at radius 3 is 1.42 bits per heavy atom. The summed E-state index contributed by atoms with van der Waals surface area (Å²) in [6, 6.07) is 62.0. The van der Waals surface area contributed by atoms with E-state index in [0.717, 1.165) is 57.9 Å². The van der Waals surface area contributed by atoms with Gasteiger partial charge < -0.3 is 0 Å². The van der Waals surface area contributed by atoms with Gasteiger partial charge in [0.05, 0.1) is 27.6 Å². The molecule has 16 rings (SSSR count). The summed E-state index contributed by atoms with van der Waals surface area (Å²) in [5.74, 6) is 5.68. The summed E-state index contributed by atoms with van der Waals surface area (Å²) < 4.78 is 0. The minimum atomic E-state index is -0.691. The number of para-hydroxylation sites is 2. The second-order valence-electron chi connectivity index (χ2n) is 22.0. The minimum Gasteiger partial charge on any atom is -0.252 e. The van der Waals surface area contributed by atoms with E-state index in [1.54, 1.807) is 5.56 Å². The molecule has 8 aromatic rings. The average molecular weight is 953 g/mol. The Labute approximate surface area is 412 Å². The van der Waals surface area contributed by atoms with Crippen molar-refractivity contribution in [1.82, 2.24) is 9.97 Å². The van der Waals surface area contributed by atoms with E-state index in [0.29, 0.717) is 10.3 Å². The van der Waals surface area contributed by atoms with Crippen molar-refractivity contribution in [2.75, 3.05) is 0 Å². The van der Waals surface area contributed by atoms with Gasteiger partial charge in [-0.25, -0.2) is 12.1 Å². The molecule has 0 spiro atoms. The van der Waals surface area contributed by atoms with Crippen molar-refractivity contribution < 1.29 is 17.1 Å². The third kappa shape index (κ3) is 7.75. The molecule has 0 radical (unpaired) electrons. The smallest absolute Gasteiger partial charge is 0.252 e. The summed E-state index contributed by atoms with van der Waals surface area (Å²) in [4.78, 5) is 11.3. The molecule has 8 aliphatic carbocycles. The first kappa shape index (κ1) is 44.0. The first-order valence-corrected chi connectivity index (χ1v) is 27.4. The van der Waals surface area contributed by atoms with E-state index < -0.39 is 5.16 Å². The fourth-order valence-electron chi connectivity index (χ4n) is 16.0. The van der Waals surface area contributed by atoms with Crippen molar-refractivity contribution in [3.05, 3.63) is 192 Å². The van der Waals surface area contributed by atoms with Gasteiger partial charge >= 0.3 is 17.1 Å². The van der Waals surface area contributed by atoms with Crippen LogP contribution < -0.4 is 0 Å². The molecule has 5 heteroatoms. The Morgan fingerprint density at radius 1 is 0.537 bits per heavy atom. The number of hydrogen-bond donors (Lipinski definition) is 0. The molecule has 6 aromatic carbocycles. The summed E-state index contributed by atoms with van der Waals surface area (Å²) in [7, 11) is 3.13. The molecular formula is C62H62FeN2P2. The largest absolute Gasteiger partial charge is 2.00 e. The molecule has 8 aliphatic rings. The van der Waals surface area contributed by atoms with Gasteiger partial charge in [0, 0.05) is 10.8 Å². The van der Waals surface area contributed by atoms with Crippen LogP contribution in [0, 0.1) is 35.5 Å². The van der Waals surface area contributed by atoms with Crippen LogP contribution in [0.5, 0.6) is 0 Å². The van der Waals surface area contributed by atoms with Crippen LogP contribution in [0.1, 0.15) is 99.6 Å². The molecule has 8 bridgehead atoms. The fraction of sp³-hybridized carbons (Fsp3) is 0.355. The molecule has 2 nitrogen and oxygen atoms in total. The van der Waals surface area contributed by atoms with Gasteiger partial charge in [-0.15, -0.1) is 33.0 Å². The number of fused-ring (bicyclic) bond motifs is 2. The SMILES string of the molecule is PC(c1ccc2ccccc2n1)(c1ccc2ccccc2n1)c1cc(-c2ccccc2)[c-](-c2ccccc2)c1CP(C12CC3CC(CC(C3)C1)C2)C12CC3CC(CC(C3)C1)C2.[Fe+2].c1cc[cH-]c1. The van der Waals surface area contributed by atoms with Gasteiger partial charge in [0.15, 0.2) is 0 Å². The maximum atomic E-state index is 5.64. The summed E-state index contributed by atoms with van der Waals surface area (Å²) in [6.45, 7) is 0. The van der Waals surface area contributed by atoms with Crippen molar-refractivity contribution in [2.45, 2.75) is 98.7 Å². The van der Waals surface area contributed by atoms with Crippen LogP contribution in [-0.4, -0.2) is 20.3 Å². The molecule has 1 atom stereocenters. The molecule has 8 saturated carbocycles. The number of benzene rings is 4. The third-order valence-electron chi connectivity index (χ3n) is 17.8.